The first-order chi connectivity index (χ1) is 15.2. The summed E-state index contributed by atoms with van der Waals surface area (Å²) in [7, 11) is 1.66. The number of hydrogen-bond donors (Lipinski definition) is 1. The Bertz CT molecular complexity index is 1240. The molecule has 0 spiro atoms. The van der Waals surface area contributed by atoms with Gasteiger partial charge in [-0.1, -0.05) is 66.2 Å². The molecule has 1 amide bonds. The molecule has 0 saturated carbocycles. The molecule has 3 aromatic carbocycles. The monoisotopic (exact) mass is 409 g/mol. The van der Waals surface area contributed by atoms with E-state index in [0.717, 1.165) is 39.6 Å². The van der Waals surface area contributed by atoms with Gasteiger partial charge >= 0.3 is 0 Å². The minimum Gasteiger partial charge on any atom is -0.496 e. The molecule has 4 aromatic rings. The summed E-state index contributed by atoms with van der Waals surface area (Å²) in [6.07, 6.45) is 0.340. The Labute approximate surface area is 181 Å². The highest BCUT2D eigenvalue weighted by atomic mass is 16.5. The van der Waals surface area contributed by atoms with E-state index < -0.39 is 0 Å². The van der Waals surface area contributed by atoms with Gasteiger partial charge < -0.3 is 10.1 Å². The van der Waals surface area contributed by atoms with Gasteiger partial charge in [-0.05, 0) is 25.1 Å². The molecule has 1 aliphatic rings. The zero-order chi connectivity index (χ0) is 21.4. The van der Waals surface area contributed by atoms with E-state index in [1.807, 2.05) is 71.4 Å². The quantitative estimate of drug-likeness (QED) is 0.496. The first-order valence-electron chi connectivity index (χ1n) is 10.3. The second kappa shape index (κ2) is 7.76. The van der Waals surface area contributed by atoms with Gasteiger partial charge in [0.25, 0.3) is 0 Å². The number of aryl methyl sites for hydroxylation is 1. The normalized spacial score (nSPS) is 15.3. The Balaban J connectivity index is 1.78. The van der Waals surface area contributed by atoms with E-state index in [1.165, 1.54) is 5.56 Å². The predicted octanol–water partition coefficient (Wildman–Crippen LogP) is 5.33. The summed E-state index contributed by atoms with van der Waals surface area (Å²) >= 11 is 0. The van der Waals surface area contributed by atoms with Crippen LogP contribution in [0.4, 0.5) is 5.82 Å². The first kappa shape index (κ1) is 19.1. The lowest BCUT2D eigenvalue weighted by molar-refractivity contribution is -0.116. The third-order valence-electron chi connectivity index (χ3n) is 5.76. The van der Waals surface area contributed by atoms with Crippen molar-refractivity contribution in [2.45, 2.75) is 19.3 Å². The molecule has 5 rings (SSSR count). The molecular weight excluding hydrogens is 386 g/mol. The van der Waals surface area contributed by atoms with Crippen LogP contribution in [-0.2, 0) is 4.79 Å². The van der Waals surface area contributed by atoms with Gasteiger partial charge in [-0.15, -0.1) is 0 Å². The topological polar surface area (TPSA) is 56.1 Å². The van der Waals surface area contributed by atoms with Crippen LogP contribution in [0.1, 0.15) is 29.0 Å². The minimum atomic E-state index is -0.158. The summed E-state index contributed by atoms with van der Waals surface area (Å²) < 4.78 is 7.48. The number of anilines is 1. The molecule has 0 bridgehead atoms. The van der Waals surface area contributed by atoms with E-state index in [9.17, 15) is 4.79 Å². The van der Waals surface area contributed by atoms with Crippen LogP contribution in [0, 0.1) is 6.92 Å². The van der Waals surface area contributed by atoms with Crippen molar-refractivity contribution >= 4 is 11.7 Å². The third kappa shape index (κ3) is 3.38. The fourth-order valence-electron chi connectivity index (χ4n) is 4.25. The van der Waals surface area contributed by atoms with Gasteiger partial charge in [0.1, 0.15) is 11.6 Å². The van der Waals surface area contributed by atoms with Crippen molar-refractivity contribution in [3.63, 3.8) is 0 Å². The third-order valence-corrected chi connectivity index (χ3v) is 5.76. The zero-order valence-corrected chi connectivity index (χ0v) is 17.5. The summed E-state index contributed by atoms with van der Waals surface area (Å²) in [4.78, 5) is 12.8. The van der Waals surface area contributed by atoms with Gasteiger partial charge in [-0.3, -0.25) is 4.79 Å². The largest absolute Gasteiger partial charge is 0.496 e. The van der Waals surface area contributed by atoms with Gasteiger partial charge in [0, 0.05) is 29.0 Å². The fraction of sp³-hybridized carbons (Fsp3) is 0.154. The number of hydrogen-bond acceptors (Lipinski definition) is 3. The number of carbonyl (C=O) groups excluding carboxylic acids is 1. The SMILES string of the molecule is COc1ccccc1C1CC(=O)Nc2c1c(-c1ccccc1)nn2-c1ccc(C)cc1. The number of aromatic nitrogens is 2. The molecule has 5 nitrogen and oxygen atoms in total. The highest BCUT2D eigenvalue weighted by Crippen LogP contribution is 2.45. The van der Waals surface area contributed by atoms with Crippen LogP contribution in [0.5, 0.6) is 5.75 Å². The highest BCUT2D eigenvalue weighted by Gasteiger charge is 2.35. The number of nitrogens with zero attached hydrogens (tertiary/aromatic N) is 2. The van der Waals surface area contributed by atoms with Crippen molar-refractivity contribution in [3.8, 4) is 22.7 Å². The van der Waals surface area contributed by atoms with Gasteiger partial charge in [0.2, 0.25) is 5.91 Å². The molecule has 0 saturated heterocycles. The summed E-state index contributed by atoms with van der Waals surface area (Å²) in [6, 6.07) is 26.2. The molecule has 1 N–H and O–H groups in total. The lowest BCUT2D eigenvalue weighted by atomic mass is 9.84. The molecular formula is C26H23N3O2. The van der Waals surface area contributed by atoms with Crippen LogP contribution in [0.3, 0.4) is 0 Å². The van der Waals surface area contributed by atoms with Crippen LogP contribution in [-0.4, -0.2) is 22.8 Å². The number of nitrogens with one attached hydrogen (secondary N) is 1. The van der Waals surface area contributed by atoms with Gasteiger partial charge in [-0.2, -0.15) is 5.10 Å². The standard InChI is InChI=1S/C26H23N3O2/c1-17-12-14-19(15-13-17)29-26-24(25(28-29)18-8-4-3-5-9-18)21(16-23(30)27-26)20-10-6-7-11-22(20)31-2/h3-15,21H,16H2,1-2H3,(H,27,30). The van der Waals surface area contributed by atoms with E-state index in [0.29, 0.717) is 6.42 Å². The van der Waals surface area contributed by atoms with Gasteiger partial charge in [0.15, 0.2) is 0 Å². The van der Waals surface area contributed by atoms with E-state index >= 15 is 0 Å². The van der Waals surface area contributed by atoms with Crippen LogP contribution >= 0.6 is 0 Å². The lowest BCUT2D eigenvalue weighted by Crippen LogP contribution is -2.25. The summed E-state index contributed by atoms with van der Waals surface area (Å²) in [5.41, 5.74) is 5.96. The predicted molar refractivity (Wildman–Crippen MR) is 122 cm³/mol. The molecule has 2 heterocycles. The lowest BCUT2D eigenvalue weighted by Gasteiger charge is -2.26. The average Bonchev–Trinajstić information content (AvgIpc) is 3.19. The second-order valence-electron chi connectivity index (χ2n) is 7.77. The first-order valence-corrected chi connectivity index (χ1v) is 10.3. The Morgan fingerprint density at radius 1 is 0.968 bits per heavy atom. The maximum absolute atomic E-state index is 12.8. The summed E-state index contributed by atoms with van der Waals surface area (Å²) in [6.45, 7) is 2.05. The van der Waals surface area contributed by atoms with Crippen molar-refractivity contribution in [3.05, 3.63) is 95.6 Å². The molecule has 154 valence electrons. The number of fused-ring (bicyclic) bond motifs is 1. The van der Waals surface area contributed by atoms with Crippen LogP contribution in [0.15, 0.2) is 78.9 Å². The smallest absolute Gasteiger partial charge is 0.226 e. The number of rotatable bonds is 4. The molecule has 1 atom stereocenters. The van der Waals surface area contributed by atoms with Crippen LogP contribution in [0.25, 0.3) is 16.9 Å². The number of amides is 1. The van der Waals surface area contributed by atoms with E-state index in [-0.39, 0.29) is 11.8 Å². The molecule has 1 aliphatic heterocycles. The Hall–Kier alpha value is -3.86. The fourth-order valence-corrected chi connectivity index (χ4v) is 4.25. The maximum Gasteiger partial charge on any atom is 0.226 e. The number of methoxy groups -OCH3 is 1. The van der Waals surface area contributed by atoms with Gasteiger partial charge in [-0.25, -0.2) is 4.68 Å². The number of carbonyl (C=O) groups is 1. The molecule has 1 aromatic heterocycles. The van der Waals surface area contributed by atoms with Crippen molar-refractivity contribution < 1.29 is 9.53 Å². The Morgan fingerprint density at radius 2 is 1.68 bits per heavy atom. The van der Waals surface area contributed by atoms with Crippen molar-refractivity contribution in [2.24, 2.45) is 0 Å². The van der Waals surface area contributed by atoms with Crippen LogP contribution < -0.4 is 10.1 Å². The molecule has 0 radical (unpaired) electrons. The summed E-state index contributed by atoms with van der Waals surface area (Å²) in [5, 5.41) is 8.08. The molecule has 5 heteroatoms. The van der Waals surface area contributed by atoms with Crippen molar-refractivity contribution in [2.75, 3.05) is 12.4 Å². The average molecular weight is 409 g/mol. The molecule has 31 heavy (non-hydrogen) atoms. The van der Waals surface area contributed by atoms with E-state index in [4.69, 9.17) is 9.84 Å². The van der Waals surface area contributed by atoms with Crippen molar-refractivity contribution in [1.82, 2.24) is 9.78 Å². The number of ether oxygens (including phenoxy) is 1. The van der Waals surface area contributed by atoms with E-state index in [2.05, 4.69) is 24.4 Å². The number of benzene rings is 3. The zero-order valence-electron chi connectivity index (χ0n) is 17.5. The van der Waals surface area contributed by atoms with E-state index in [1.54, 1.807) is 7.11 Å². The van der Waals surface area contributed by atoms with Gasteiger partial charge in [0.05, 0.1) is 18.5 Å². The highest BCUT2D eigenvalue weighted by molar-refractivity contribution is 5.96. The molecule has 1 unspecified atom stereocenters. The number of para-hydroxylation sites is 1. The van der Waals surface area contributed by atoms with Crippen molar-refractivity contribution in [1.29, 1.82) is 0 Å². The van der Waals surface area contributed by atoms with Crippen LogP contribution in [0.2, 0.25) is 0 Å². The summed E-state index contributed by atoms with van der Waals surface area (Å²) in [5.74, 6) is 1.30. The molecule has 0 aliphatic carbocycles. The second-order valence-corrected chi connectivity index (χ2v) is 7.77. The Morgan fingerprint density at radius 3 is 2.42 bits per heavy atom. The maximum atomic E-state index is 12.8. The molecule has 0 fully saturated rings. The Kier molecular flexibility index (Phi) is 4.79. The minimum absolute atomic E-state index is 0.0312.